The van der Waals surface area contributed by atoms with Gasteiger partial charge < -0.3 is 16.8 Å². The molecule has 0 fully saturated rings. The molecule has 2 amide bonds. The molecule has 150 valence electrons. The second kappa shape index (κ2) is 7.59. The van der Waals surface area contributed by atoms with Gasteiger partial charge in [-0.05, 0) is 24.6 Å². The highest BCUT2D eigenvalue weighted by molar-refractivity contribution is 5.99. The maximum absolute atomic E-state index is 11.8. The summed E-state index contributed by atoms with van der Waals surface area (Å²) < 4.78 is 1.65. The molecule has 0 spiro atoms. The van der Waals surface area contributed by atoms with Gasteiger partial charge in [0.2, 0.25) is 11.8 Å². The molecule has 3 heterocycles. The number of nitrogens with one attached hydrogen (secondary N) is 1. The maximum atomic E-state index is 11.8. The first-order chi connectivity index (χ1) is 14.4. The number of benzene rings is 1. The molecule has 0 unspecified atom stereocenters. The van der Waals surface area contributed by atoms with E-state index >= 15 is 0 Å². The predicted octanol–water partition coefficient (Wildman–Crippen LogP) is 1.30. The molecular formula is C20H18N8O2. The van der Waals surface area contributed by atoms with Gasteiger partial charge in [0.25, 0.3) is 11.8 Å². The number of hydrogen-bond acceptors (Lipinski definition) is 7. The Hall–Kier alpha value is -4.34. The summed E-state index contributed by atoms with van der Waals surface area (Å²) in [5.74, 6) is -1.18. The lowest BCUT2D eigenvalue weighted by atomic mass is 10.2. The van der Waals surface area contributed by atoms with Gasteiger partial charge in [0.05, 0.1) is 11.3 Å². The number of pyridine rings is 1. The second-order valence-electron chi connectivity index (χ2n) is 6.54. The molecule has 4 rings (SSSR count). The number of anilines is 1. The molecule has 0 aliphatic heterocycles. The Bertz CT molecular complexity index is 1270. The number of aryl methyl sites for hydroxylation is 1. The van der Waals surface area contributed by atoms with Crippen LogP contribution in [-0.2, 0) is 6.54 Å². The fraction of sp³-hybridized carbons (Fsp3) is 0.100. The number of carbonyl (C=O) groups excluding carboxylic acids is 2. The average molecular weight is 402 g/mol. The maximum Gasteiger partial charge on any atom is 0.286 e. The summed E-state index contributed by atoms with van der Waals surface area (Å²) >= 11 is 0. The van der Waals surface area contributed by atoms with Crippen molar-refractivity contribution in [2.45, 2.75) is 13.5 Å². The largest absolute Gasteiger partial charge is 0.365 e. The number of fused-ring (bicyclic) bond motifs is 1. The van der Waals surface area contributed by atoms with Crippen LogP contribution in [-0.4, -0.2) is 36.2 Å². The molecule has 30 heavy (non-hydrogen) atoms. The smallest absolute Gasteiger partial charge is 0.286 e. The van der Waals surface area contributed by atoms with Crippen LogP contribution in [0.5, 0.6) is 0 Å². The quantitative estimate of drug-likeness (QED) is 0.439. The number of amides is 2. The molecule has 10 heteroatoms. The van der Waals surface area contributed by atoms with Crippen LogP contribution in [0.15, 0.2) is 48.7 Å². The summed E-state index contributed by atoms with van der Waals surface area (Å²) in [5.41, 5.74) is 13.6. The molecule has 5 N–H and O–H groups in total. The van der Waals surface area contributed by atoms with Gasteiger partial charge in [-0.1, -0.05) is 30.3 Å². The first-order valence-electron chi connectivity index (χ1n) is 9.05. The summed E-state index contributed by atoms with van der Waals surface area (Å²) in [7, 11) is 0. The lowest BCUT2D eigenvalue weighted by molar-refractivity contribution is 0.0986. The highest BCUT2D eigenvalue weighted by atomic mass is 16.1. The molecule has 0 bridgehead atoms. The van der Waals surface area contributed by atoms with Gasteiger partial charge in [-0.15, -0.1) is 0 Å². The number of hydrogen-bond donors (Lipinski definition) is 3. The van der Waals surface area contributed by atoms with Gasteiger partial charge in [-0.25, -0.2) is 9.97 Å². The molecule has 4 aromatic rings. The molecule has 0 aliphatic carbocycles. The summed E-state index contributed by atoms with van der Waals surface area (Å²) in [6.45, 7) is 2.19. The van der Waals surface area contributed by atoms with Crippen molar-refractivity contribution < 1.29 is 9.59 Å². The van der Waals surface area contributed by atoms with E-state index in [4.69, 9.17) is 11.5 Å². The number of nitrogens with zero attached hydrogens (tertiary/aromatic N) is 5. The van der Waals surface area contributed by atoms with Crippen LogP contribution in [0, 0.1) is 6.92 Å². The standard InChI is InChI=1S/C20H18N8O2/c1-11-14(28-9-5-8-13(15(21)29)19(28)24-11)17-25-18(16(22)30)27-20(26-17)23-10-12-6-3-2-4-7-12/h2-9H,10H2,1H3,(H2,21,29)(H2,22,30)(H,23,25,26,27). The summed E-state index contributed by atoms with van der Waals surface area (Å²) in [4.78, 5) is 40.7. The van der Waals surface area contributed by atoms with Gasteiger partial charge in [0.1, 0.15) is 11.3 Å². The van der Waals surface area contributed by atoms with E-state index in [2.05, 4.69) is 25.3 Å². The third kappa shape index (κ3) is 3.53. The predicted molar refractivity (Wildman–Crippen MR) is 110 cm³/mol. The van der Waals surface area contributed by atoms with E-state index in [1.807, 2.05) is 30.3 Å². The molecule has 10 nitrogen and oxygen atoms in total. The van der Waals surface area contributed by atoms with Gasteiger partial charge >= 0.3 is 0 Å². The minimum absolute atomic E-state index is 0.184. The normalized spacial score (nSPS) is 10.8. The van der Waals surface area contributed by atoms with E-state index in [1.54, 1.807) is 29.7 Å². The van der Waals surface area contributed by atoms with Gasteiger partial charge in [-0.2, -0.15) is 9.97 Å². The van der Waals surface area contributed by atoms with E-state index in [9.17, 15) is 9.59 Å². The van der Waals surface area contributed by atoms with E-state index in [-0.39, 0.29) is 23.2 Å². The molecular weight excluding hydrogens is 384 g/mol. The minimum Gasteiger partial charge on any atom is -0.365 e. The number of rotatable bonds is 6. The van der Waals surface area contributed by atoms with E-state index in [0.717, 1.165) is 5.56 Å². The van der Waals surface area contributed by atoms with Crippen molar-refractivity contribution in [1.82, 2.24) is 24.3 Å². The van der Waals surface area contributed by atoms with Crippen LogP contribution >= 0.6 is 0 Å². The Morgan fingerprint density at radius 3 is 2.43 bits per heavy atom. The first kappa shape index (κ1) is 19.0. The van der Waals surface area contributed by atoms with E-state index in [1.165, 1.54) is 0 Å². The van der Waals surface area contributed by atoms with Crippen molar-refractivity contribution in [3.8, 4) is 11.5 Å². The summed E-state index contributed by atoms with van der Waals surface area (Å²) in [6, 6.07) is 12.9. The Morgan fingerprint density at radius 1 is 0.967 bits per heavy atom. The molecule has 0 radical (unpaired) electrons. The lowest BCUT2D eigenvalue weighted by Gasteiger charge is -2.09. The van der Waals surface area contributed by atoms with Crippen LogP contribution in [0.2, 0.25) is 0 Å². The fourth-order valence-corrected chi connectivity index (χ4v) is 3.09. The topological polar surface area (TPSA) is 154 Å². The number of primary amides is 2. The van der Waals surface area contributed by atoms with Crippen molar-refractivity contribution in [2.75, 3.05) is 5.32 Å². The van der Waals surface area contributed by atoms with Gasteiger partial charge in [0.15, 0.2) is 5.82 Å². The second-order valence-corrected chi connectivity index (χ2v) is 6.54. The van der Waals surface area contributed by atoms with Crippen molar-refractivity contribution in [1.29, 1.82) is 0 Å². The highest BCUT2D eigenvalue weighted by Gasteiger charge is 2.20. The molecule has 0 saturated heterocycles. The van der Waals surface area contributed by atoms with Crippen molar-refractivity contribution in [3.63, 3.8) is 0 Å². The highest BCUT2D eigenvalue weighted by Crippen LogP contribution is 2.24. The monoisotopic (exact) mass is 402 g/mol. The van der Waals surface area contributed by atoms with Crippen molar-refractivity contribution >= 4 is 23.4 Å². The lowest BCUT2D eigenvalue weighted by Crippen LogP contribution is -2.18. The molecule has 0 atom stereocenters. The van der Waals surface area contributed by atoms with Gasteiger partial charge in [0, 0.05) is 12.7 Å². The Balaban J connectivity index is 1.81. The summed E-state index contributed by atoms with van der Waals surface area (Å²) in [5, 5.41) is 3.08. The van der Waals surface area contributed by atoms with E-state index in [0.29, 0.717) is 23.6 Å². The zero-order valence-corrected chi connectivity index (χ0v) is 16.0. The van der Waals surface area contributed by atoms with Crippen molar-refractivity contribution in [3.05, 3.63) is 71.3 Å². The zero-order valence-electron chi connectivity index (χ0n) is 16.0. The molecule has 0 saturated carbocycles. The molecule has 1 aromatic carbocycles. The van der Waals surface area contributed by atoms with Crippen LogP contribution < -0.4 is 16.8 Å². The van der Waals surface area contributed by atoms with E-state index < -0.39 is 11.8 Å². The number of aromatic nitrogens is 5. The van der Waals surface area contributed by atoms with Crippen molar-refractivity contribution in [2.24, 2.45) is 11.5 Å². The van der Waals surface area contributed by atoms with Crippen LogP contribution in [0.25, 0.3) is 17.2 Å². The van der Waals surface area contributed by atoms with Crippen LogP contribution in [0.3, 0.4) is 0 Å². The minimum atomic E-state index is -0.786. The fourth-order valence-electron chi connectivity index (χ4n) is 3.09. The number of imidazole rings is 1. The summed E-state index contributed by atoms with van der Waals surface area (Å²) in [6.07, 6.45) is 1.71. The third-order valence-electron chi connectivity index (χ3n) is 4.45. The third-order valence-corrected chi connectivity index (χ3v) is 4.45. The molecule has 3 aromatic heterocycles. The van der Waals surface area contributed by atoms with Gasteiger partial charge in [-0.3, -0.25) is 14.0 Å². The Labute approximate surface area is 171 Å². The Morgan fingerprint density at radius 2 is 1.73 bits per heavy atom. The number of carbonyl (C=O) groups is 2. The average Bonchev–Trinajstić information content (AvgIpc) is 3.08. The number of nitrogens with two attached hydrogens (primary N) is 2. The van der Waals surface area contributed by atoms with Crippen LogP contribution in [0.1, 0.15) is 32.2 Å². The first-order valence-corrected chi connectivity index (χ1v) is 9.05. The van der Waals surface area contributed by atoms with Crippen LogP contribution in [0.4, 0.5) is 5.95 Å². The SMILES string of the molecule is Cc1nc2c(C(N)=O)cccn2c1-c1nc(NCc2ccccc2)nc(C(N)=O)n1. The zero-order chi connectivity index (χ0) is 21.3. The molecule has 0 aliphatic rings. The Kier molecular flexibility index (Phi) is 4.80.